The van der Waals surface area contributed by atoms with E-state index in [2.05, 4.69) is 10.2 Å². The zero-order valence-corrected chi connectivity index (χ0v) is 16.2. The summed E-state index contributed by atoms with van der Waals surface area (Å²) < 4.78 is 31.6. The monoisotopic (exact) mass is 410 g/mol. The van der Waals surface area contributed by atoms with E-state index in [9.17, 15) is 13.6 Å². The van der Waals surface area contributed by atoms with Gasteiger partial charge in [0.25, 0.3) is 18.8 Å². The SMILES string of the molecule is CN(C)C[C@@H]1OCCN(C(=O)c2cc(C(F)F)[nH]n2)[C@H]1c1ccccc1.O=CO. The molecule has 0 bridgehead atoms. The molecular weight excluding hydrogens is 386 g/mol. The Labute approximate surface area is 167 Å². The third kappa shape index (κ3) is 5.81. The first-order valence-corrected chi connectivity index (χ1v) is 8.92. The van der Waals surface area contributed by atoms with Gasteiger partial charge in [-0.25, -0.2) is 8.78 Å². The number of hydrogen-bond acceptors (Lipinski definition) is 5. The van der Waals surface area contributed by atoms with Crippen LogP contribution in [-0.4, -0.2) is 77.4 Å². The van der Waals surface area contributed by atoms with E-state index < -0.39 is 6.43 Å². The lowest BCUT2D eigenvalue weighted by Crippen LogP contribution is -2.51. The Kier molecular flexibility index (Phi) is 8.22. The number of benzene rings is 1. The number of morpholine rings is 1. The molecule has 0 saturated carbocycles. The van der Waals surface area contributed by atoms with Gasteiger partial charge >= 0.3 is 0 Å². The molecule has 29 heavy (non-hydrogen) atoms. The Hall–Kier alpha value is -2.85. The first-order valence-electron chi connectivity index (χ1n) is 8.92. The first-order chi connectivity index (χ1) is 13.9. The molecule has 3 rings (SSSR count). The molecule has 0 aliphatic carbocycles. The predicted octanol–water partition coefficient (Wildman–Crippen LogP) is 2.19. The zero-order chi connectivity index (χ0) is 21.4. The molecule has 1 aromatic carbocycles. The number of aromatic amines is 1. The molecule has 158 valence electrons. The van der Waals surface area contributed by atoms with Crippen molar-refractivity contribution in [2.24, 2.45) is 0 Å². The number of H-pyrrole nitrogens is 1. The van der Waals surface area contributed by atoms with Crippen molar-refractivity contribution in [3.8, 4) is 0 Å². The Morgan fingerprint density at radius 3 is 2.62 bits per heavy atom. The molecule has 0 spiro atoms. The maximum absolute atomic E-state index is 13.0. The van der Waals surface area contributed by atoms with Gasteiger partial charge in [0.1, 0.15) is 5.69 Å². The van der Waals surface area contributed by atoms with Gasteiger partial charge in [-0.1, -0.05) is 30.3 Å². The number of nitrogens with one attached hydrogen (secondary N) is 1. The van der Waals surface area contributed by atoms with Crippen LogP contribution in [0.15, 0.2) is 36.4 Å². The lowest BCUT2D eigenvalue weighted by Gasteiger charge is -2.42. The number of carbonyl (C=O) groups excluding carboxylic acids is 1. The number of rotatable bonds is 5. The van der Waals surface area contributed by atoms with Crippen LogP contribution in [0.5, 0.6) is 0 Å². The largest absolute Gasteiger partial charge is 0.483 e. The Morgan fingerprint density at radius 2 is 2.07 bits per heavy atom. The summed E-state index contributed by atoms with van der Waals surface area (Å²) in [6.07, 6.45) is -2.92. The van der Waals surface area contributed by atoms with Crippen molar-refractivity contribution in [2.45, 2.75) is 18.6 Å². The third-order valence-corrected chi connectivity index (χ3v) is 4.35. The number of alkyl halides is 2. The molecule has 2 atom stereocenters. The van der Waals surface area contributed by atoms with Crippen LogP contribution in [0.1, 0.15) is 34.2 Å². The minimum absolute atomic E-state index is 0.00765. The van der Waals surface area contributed by atoms with Gasteiger partial charge in [-0.2, -0.15) is 5.10 Å². The molecule has 2 N–H and O–H groups in total. The second kappa shape index (κ2) is 10.6. The van der Waals surface area contributed by atoms with Crippen molar-refractivity contribution in [1.82, 2.24) is 20.0 Å². The van der Waals surface area contributed by atoms with Crippen molar-refractivity contribution in [1.29, 1.82) is 0 Å². The molecule has 0 unspecified atom stereocenters. The molecule has 1 fully saturated rings. The van der Waals surface area contributed by atoms with Crippen LogP contribution >= 0.6 is 0 Å². The van der Waals surface area contributed by atoms with E-state index in [1.807, 2.05) is 49.3 Å². The van der Waals surface area contributed by atoms with Crippen LogP contribution in [0.2, 0.25) is 0 Å². The highest BCUT2D eigenvalue weighted by Gasteiger charge is 2.37. The van der Waals surface area contributed by atoms with Crippen LogP contribution in [0.3, 0.4) is 0 Å². The molecule has 1 aliphatic heterocycles. The quantitative estimate of drug-likeness (QED) is 0.734. The van der Waals surface area contributed by atoms with E-state index >= 15 is 0 Å². The summed E-state index contributed by atoms with van der Waals surface area (Å²) >= 11 is 0. The second-order valence-corrected chi connectivity index (χ2v) is 6.64. The summed E-state index contributed by atoms with van der Waals surface area (Å²) in [7, 11) is 3.88. The number of amides is 1. The zero-order valence-electron chi connectivity index (χ0n) is 16.2. The highest BCUT2D eigenvalue weighted by atomic mass is 19.3. The van der Waals surface area contributed by atoms with Crippen LogP contribution in [0.25, 0.3) is 0 Å². The van der Waals surface area contributed by atoms with Crippen LogP contribution < -0.4 is 0 Å². The Morgan fingerprint density at radius 1 is 1.41 bits per heavy atom. The van der Waals surface area contributed by atoms with Gasteiger partial charge in [0.15, 0.2) is 5.69 Å². The molecule has 8 nitrogen and oxygen atoms in total. The van der Waals surface area contributed by atoms with E-state index in [4.69, 9.17) is 14.6 Å². The average Bonchev–Trinajstić information content (AvgIpc) is 3.19. The molecule has 1 aliphatic rings. The standard InChI is InChI=1S/C18H22F2N4O2.CH2O2/c1-23(2)11-15-16(12-6-4-3-5-7-12)24(8-9-26-15)18(25)14-10-13(17(19)20)21-22-14;2-1-3/h3-7,10,15-17H,8-9,11H2,1-2H3,(H,21,22);1H,(H,2,3)/t15-,16-;/m0./s1. The van der Waals surface area contributed by atoms with E-state index in [1.165, 1.54) is 0 Å². The minimum Gasteiger partial charge on any atom is -0.483 e. The fourth-order valence-electron chi connectivity index (χ4n) is 3.22. The predicted molar refractivity (Wildman–Crippen MR) is 101 cm³/mol. The molecule has 0 radical (unpaired) electrons. The summed E-state index contributed by atoms with van der Waals surface area (Å²) in [5, 5.41) is 12.9. The van der Waals surface area contributed by atoms with Crippen LogP contribution in [0.4, 0.5) is 8.78 Å². The topological polar surface area (TPSA) is 98.8 Å². The Balaban J connectivity index is 0.000000941. The molecular formula is C19H24F2N4O4. The smallest absolute Gasteiger partial charge is 0.290 e. The van der Waals surface area contributed by atoms with E-state index in [1.54, 1.807) is 4.90 Å². The van der Waals surface area contributed by atoms with Crippen molar-refractivity contribution in [3.05, 3.63) is 53.3 Å². The van der Waals surface area contributed by atoms with Crippen LogP contribution in [0, 0.1) is 0 Å². The van der Waals surface area contributed by atoms with E-state index in [-0.39, 0.29) is 35.9 Å². The van der Waals surface area contributed by atoms with Crippen LogP contribution in [-0.2, 0) is 9.53 Å². The van der Waals surface area contributed by atoms with E-state index in [0.29, 0.717) is 19.7 Å². The van der Waals surface area contributed by atoms with Gasteiger partial charge in [-0.15, -0.1) is 0 Å². The molecule has 2 aromatic rings. The summed E-state index contributed by atoms with van der Waals surface area (Å²) in [5.74, 6) is -0.381. The van der Waals surface area contributed by atoms with Gasteiger partial charge in [0.2, 0.25) is 0 Å². The summed E-state index contributed by atoms with van der Waals surface area (Å²) in [6.45, 7) is 1.14. The number of hydrogen-bond donors (Lipinski definition) is 2. The molecule has 1 saturated heterocycles. The molecule has 10 heteroatoms. The van der Waals surface area contributed by atoms with Gasteiger partial charge in [0.05, 0.1) is 18.8 Å². The third-order valence-electron chi connectivity index (χ3n) is 4.35. The number of aromatic nitrogens is 2. The highest BCUT2D eigenvalue weighted by molar-refractivity contribution is 5.92. The number of carbonyl (C=O) groups is 2. The number of nitrogens with zero attached hydrogens (tertiary/aromatic N) is 3. The lowest BCUT2D eigenvalue weighted by molar-refractivity contribution is -0.122. The normalized spacial score (nSPS) is 19.0. The lowest BCUT2D eigenvalue weighted by atomic mass is 9.97. The minimum atomic E-state index is -2.69. The molecule has 1 amide bonds. The van der Waals surface area contributed by atoms with Gasteiger partial charge in [-0.05, 0) is 25.7 Å². The number of likely N-dealkylation sites (N-methyl/N-ethyl adjacent to an activating group) is 1. The number of halogens is 2. The molecule has 1 aromatic heterocycles. The highest BCUT2D eigenvalue weighted by Crippen LogP contribution is 2.31. The second-order valence-electron chi connectivity index (χ2n) is 6.64. The van der Waals surface area contributed by atoms with Crippen molar-refractivity contribution in [2.75, 3.05) is 33.8 Å². The Bertz CT molecular complexity index is 786. The fraction of sp³-hybridized carbons (Fsp3) is 0.421. The summed E-state index contributed by atoms with van der Waals surface area (Å²) in [5.41, 5.74) is 0.575. The van der Waals surface area contributed by atoms with Gasteiger partial charge in [-0.3, -0.25) is 14.7 Å². The maximum atomic E-state index is 13.0. The first kappa shape index (κ1) is 22.4. The average molecular weight is 410 g/mol. The van der Waals surface area contributed by atoms with Crippen molar-refractivity contribution in [3.63, 3.8) is 0 Å². The van der Waals surface area contributed by atoms with Crippen molar-refractivity contribution >= 4 is 12.4 Å². The number of ether oxygens (including phenoxy) is 1. The summed E-state index contributed by atoms with van der Waals surface area (Å²) in [6, 6.07) is 10.4. The van der Waals surface area contributed by atoms with E-state index in [0.717, 1.165) is 11.6 Å². The summed E-state index contributed by atoms with van der Waals surface area (Å²) in [4.78, 5) is 25.0. The maximum Gasteiger partial charge on any atom is 0.290 e. The molecule has 2 heterocycles. The fourth-order valence-corrected chi connectivity index (χ4v) is 3.22. The van der Waals surface area contributed by atoms with Gasteiger partial charge in [0, 0.05) is 13.1 Å². The van der Waals surface area contributed by atoms with Crippen molar-refractivity contribution < 1.29 is 28.2 Å². The number of carboxylic acid groups (broad SMARTS) is 1. The van der Waals surface area contributed by atoms with Gasteiger partial charge < -0.3 is 19.6 Å².